The molecule has 0 aliphatic heterocycles. The maximum absolute atomic E-state index is 13.2. The minimum Gasteiger partial charge on any atom is -0.481 e. The lowest BCUT2D eigenvalue weighted by Gasteiger charge is -2.05. The molecule has 0 saturated heterocycles. The summed E-state index contributed by atoms with van der Waals surface area (Å²) in [5, 5.41) is 7.76. The van der Waals surface area contributed by atoms with Crippen molar-refractivity contribution in [3.63, 3.8) is 0 Å². The fourth-order valence-corrected chi connectivity index (χ4v) is 1.28. The van der Waals surface area contributed by atoms with Crippen molar-refractivity contribution < 1.29 is 23.1 Å². The number of halogens is 4. The third-order valence-corrected chi connectivity index (χ3v) is 2.07. The number of carbonyl (C=O) groups is 1. The molecule has 0 aromatic heterocycles. The van der Waals surface area contributed by atoms with Crippen LogP contribution in [0.4, 0.5) is 13.2 Å². The third-order valence-electron chi connectivity index (χ3n) is 1.79. The molecule has 0 heterocycles. The van der Waals surface area contributed by atoms with Gasteiger partial charge in [-0.3, -0.25) is 4.79 Å². The van der Waals surface area contributed by atoms with Gasteiger partial charge in [-0.25, -0.2) is 13.2 Å². The number of hydrogen-bond donors (Lipinski definition) is 1. The van der Waals surface area contributed by atoms with Crippen molar-refractivity contribution in [2.45, 2.75) is 12.8 Å². The summed E-state index contributed by atoms with van der Waals surface area (Å²) >= 11 is 5.28. The molecule has 0 saturated carbocycles. The van der Waals surface area contributed by atoms with Gasteiger partial charge in [-0.15, -0.1) is 0 Å². The van der Waals surface area contributed by atoms with Crippen molar-refractivity contribution in [3.05, 3.63) is 34.1 Å². The van der Waals surface area contributed by atoms with Crippen LogP contribution in [-0.2, 0) is 11.2 Å². The fourth-order valence-electron chi connectivity index (χ4n) is 1.07. The monoisotopic (exact) mass is 238 g/mol. The van der Waals surface area contributed by atoms with Crippen molar-refractivity contribution in [3.8, 4) is 0 Å². The Labute approximate surface area is 88.3 Å². The zero-order chi connectivity index (χ0) is 11.6. The van der Waals surface area contributed by atoms with Crippen LogP contribution in [-0.4, -0.2) is 11.1 Å². The molecule has 6 heteroatoms. The molecule has 0 amide bonds. The Morgan fingerprint density at radius 2 is 1.93 bits per heavy atom. The van der Waals surface area contributed by atoms with E-state index in [9.17, 15) is 18.0 Å². The quantitative estimate of drug-likeness (QED) is 0.822. The average Bonchev–Trinajstić information content (AvgIpc) is 2.14. The minimum absolute atomic E-state index is 0.440. The highest BCUT2D eigenvalue weighted by Gasteiger charge is 2.18. The van der Waals surface area contributed by atoms with Crippen LogP contribution in [0.25, 0.3) is 0 Å². The first-order valence-electron chi connectivity index (χ1n) is 3.97. The lowest BCUT2D eigenvalue weighted by molar-refractivity contribution is -0.136. The van der Waals surface area contributed by atoms with Gasteiger partial charge >= 0.3 is 5.97 Å². The third kappa shape index (κ3) is 2.62. The van der Waals surface area contributed by atoms with E-state index in [1.807, 2.05) is 0 Å². The molecular weight excluding hydrogens is 233 g/mol. The molecule has 0 unspecified atom stereocenters. The molecule has 0 radical (unpaired) electrons. The molecule has 1 aromatic rings. The first-order chi connectivity index (χ1) is 6.93. The van der Waals surface area contributed by atoms with Gasteiger partial charge in [-0.1, -0.05) is 11.6 Å². The van der Waals surface area contributed by atoms with Gasteiger partial charge < -0.3 is 5.11 Å². The largest absolute Gasteiger partial charge is 0.481 e. The van der Waals surface area contributed by atoms with Crippen LogP contribution in [0.3, 0.4) is 0 Å². The van der Waals surface area contributed by atoms with Gasteiger partial charge in [-0.2, -0.15) is 0 Å². The van der Waals surface area contributed by atoms with Crippen LogP contribution < -0.4 is 0 Å². The van der Waals surface area contributed by atoms with Crippen LogP contribution in [0.15, 0.2) is 6.07 Å². The normalized spacial score (nSPS) is 10.4. The Bertz CT molecular complexity index is 381. The van der Waals surface area contributed by atoms with E-state index in [1.165, 1.54) is 0 Å². The molecule has 0 fully saturated rings. The number of carboxylic acids is 1. The van der Waals surface area contributed by atoms with Crippen molar-refractivity contribution in [1.29, 1.82) is 0 Å². The molecule has 0 bridgehead atoms. The van der Waals surface area contributed by atoms with Crippen LogP contribution in [0.2, 0.25) is 5.02 Å². The number of benzene rings is 1. The van der Waals surface area contributed by atoms with Crippen molar-refractivity contribution in [2.24, 2.45) is 0 Å². The maximum Gasteiger partial charge on any atom is 0.303 e. The van der Waals surface area contributed by atoms with E-state index in [-0.39, 0.29) is 0 Å². The second kappa shape index (κ2) is 4.53. The zero-order valence-electron chi connectivity index (χ0n) is 7.36. The molecule has 0 aliphatic rings. The molecular formula is C9H6ClF3O2. The molecule has 15 heavy (non-hydrogen) atoms. The number of carboxylic acid groups (broad SMARTS) is 1. The lowest BCUT2D eigenvalue weighted by atomic mass is 10.1. The average molecular weight is 239 g/mol. The SMILES string of the molecule is O=C(O)CCc1c(F)c(F)cc(Cl)c1F. The van der Waals surface area contributed by atoms with Gasteiger partial charge in [-0.05, 0) is 12.5 Å². The van der Waals surface area contributed by atoms with Gasteiger partial charge in [0.2, 0.25) is 0 Å². The van der Waals surface area contributed by atoms with E-state index in [2.05, 4.69) is 0 Å². The maximum atomic E-state index is 13.2. The molecule has 82 valence electrons. The van der Waals surface area contributed by atoms with Gasteiger partial charge in [0, 0.05) is 12.0 Å². The molecule has 1 aromatic carbocycles. The summed E-state index contributed by atoms with van der Waals surface area (Å²) in [5.41, 5.74) is -0.637. The summed E-state index contributed by atoms with van der Waals surface area (Å²) < 4.78 is 39.0. The predicted octanol–water partition coefficient (Wildman–Crippen LogP) is 2.77. The lowest BCUT2D eigenvalue weighted by Crippen LogP contribution is -2.04. The smallest absolute Gasteiger partial charge is 0.303 e. The Morgan fingerprint density at radius 1 is 1.33 bits per heavy atom. The van der Waals surface area contributed by atoms with Gasteiger partial charge in [0.15, 0.2) is 11.6 Å². The first kappa shape index (κ1) is 11.8. The topological polar surface area (TPSA) is 37.3 Å². The van der Waals surface area contributed by atoms with Crippen LogP contribution in [0.5, 0.6) is 0 Å². The van der Waals surface area contributed by atoms with Gasteiger partial charge in [0.1, 0.15) is 5.82 Å². The van der Waals surface area contributed by atoms with E-state index in [1.54, 1.807) is 0 Å². The molecule has 0 atom stereocenters. The number of hydrogen-bond acceptors (Lipinski definition) is 1. The standard InChI is InChI=1S/C9H6ClF3O2/c10-5-3-6(11)9(13)4(8(5)12)1-2-7(14)15/h3H,1-2H2,(H,14,15). The highest BCUT2D eigenvalue weighted by atomic mass is 35.5. The van der Waals surface area contributed by atoms with Crippen molar-refractivity contribution in [2.75, 3.05) is 0 Å². The van der Waals surface area contributed by atoms with Crippen LogP contribution in [0, 0.1) is 17.5 Å². The summed E-state index contributed by atoms with van der Waals surface area (Å²) in [7, 11) is 0. The van der Waals surface area contributed by atoms with Crippen molar-refractivity contribution >= 4 is 17.6 Å². The summed E-state index contributed by atoms with van der Waals surface area (Å²) in [5.74, 6) is -5.02. The van der Waals surface area contributed by atoms with E-state index in [0.29, 0.717) is 6.07 Å². The Balaban J connectivity index is 3.09. The van der Waals surface area contributed by atoms with E-state index in [4.69, 9.17) is 16.7 Å². The number of rotatable bonds is 3. The molecule has 2 nitrogen and oxygen atoms in total. The summed E-state index contributed by atoms with van der Waals surface area (Å²) in [6.07, 6.45) is -0.932. The highest BCUT2D eigenvalue weighted by molar-refractivity contribution is 6.30. The highest BCUT2D eigenvalue weighted by Crippen LogP contribution is 2.24. The second-order valence-corrected chi connectivity index (χ2v) is 3.25. The van der Waals surface area contributed by atoms with E-state index >= 15 is 0 Å². The Kier molecular flexibility index (Phi) is 3.57. The van der Waals surface area contributed by atoms with Crippen molar-refractivity contribution in [1.82, 2.24) is 0 Å². The van der Waals surface area contributed by atoms with Crippen LogP contribution in [0.1, 0.15) is 12.0 Å². The van der Waals surface area contributed by atoms with Gasteiger partial charge in [0.25, 0.3) is 0 Å². The molecule has 0 spiro atoms. The number of aliphatic carboxylic acids is 1. The first-order valence-corrected chi connectivity index (χ1v) is 4.35. The van der Waals surface area contributed by atoms with Gasteiger partial charge in [0.05, 0.1) is 5.02 Å². The van der Waals surface area contributed by atoms with E-state index in [0.717, 1.165) is 0 Å². The van der Waals surface area contributed by atoms with E-state index < -0.39 is 46.8 Å². The Morgan fingerprint density at radius 3 is 2.47 bits per heavy atom. The predicted molar refractivity (Wildman–Crippen MR) is 47.3 cm³/mol. The van der Waals surface area contributed by atoms with Crippen LogP contribution >= 0.6 is 11.6 Å². The molecule has 0 aliphatic carbocycles. The second-order valence-electron chi connectivity index (χ2n) is 2.84. The Hall–Kier alpha value is -1.23. The summed E-state index contributed by atoms with van der Waals surface area (Å²) in [6, 6.07) is 0.510. The molecule has 1 rings (SSSR count). The summed E-state index contributed by atoms with van der Waals surface area (Å²) in [4.78, 5) is 10.2. The molecule has 1 N–H and O–H groups in total. The summed E-state index contributed by atoms with van der Waals surface area (Å²) in [6.45, 7) is 0. The fraction of sp³-hybridized carbons (Fsp3) is 0.222. The minimum atomic E-state index is -1.39. The zero-order valence-corrected chi connectivity index (χ0v) is 8.11.